The fourth-order valence-corrected chi connectivity index (χ4v) is 2.71. The number of hydrogen-bond donors (Lipinski definition) is 3. The highest BCUT2D eigenvalue weighted by Gasteiger charge is 2.17. The van der Waals surface area contributed by atoms with E-state index in [1.54, 1.807) is 11.3 Å². The summed E-state index contributed by atoms with van der Waals surface area (Å²) in [7, 11) is 0. The predicted octanol–water partition coefficient (Wildman–Crippen LogP) is 2.06. The van der Waals surface area contributed by atoms with Gasteiger partial charge in [-0.25, -0.2) is 0 Å². The van der Waals surface area contributed by atoms with Crippen molar-refractivity contribution in [2.24, 2.45) is 0 Å². The van der Waals surface area contributed by atoms with Gasteiger partial charge in [0.1, 0.15) is 17.1 Å². The van der Waals surface area contributed by atoms with Crippen molar-refractivity contribution in [3.05, 3.63) is 57.9 Å². The number of phenolic OH excluding ortho intramolecular Hbond substituents is 2. The molecule has 0 aliphatic heterocycles. The molecule has 118 valence electrons. The van der Waals surface area contributed by atoms with Crippen molar-refractivity contribution in [3.63, 3.8) is 0 Å². The van der Waals surface area contributed by atoms with Crippen LogP contribution in [0.4, 0.5) is 0 Å². The maximum atomic E-state index is 12.0. The van der Waals surface area contributed by atoms with Crippen molar-refractivity contribution in [2.75, 3.05) is 0 Å². The van der Waals surface area contributed by atoms with Crippen molar-refractivity contribution >= 4 is 17.2 Å². The zero-order valence-electron chi connectivity index (χ0n) is 11.9. The third-order valence-corrected chi connectivity index (χ3v) is 3.95. The van der Waals surface area contributed by atoms with Crippen LogP contribution in [0.2, 0.25) is 0 Å². The van der Waals surface area contributed by atoms with Crippen molar-refractivity contribution in [2.45, 2.75) is 13.0 Å². The normalized spacial score (nSPS) is 10.6. The molecule has 0 fully saturated rings. The molecule has 1 amide bonds. The van der Waals surface area contributed by atoms with E-state index in [4.69, 9.17) is 4.52 Å². The van der Waals surface area contributed by atoms with Gasteiger partial charge >= 0.3 is 0 Å². The summed E-state index contributed by atoms with van der Waals surface area (Å²) in [6.07, 6.45) is 0.565. The van der Waals surface area contributed by atoms with Crippen LogP contribution in [0, 0.1) is 0 Å². The number of carbonyl (C=O) groups is 1. The Balaban J connectivity index is 1.62. The van der Waals surface area contributed by atoms with Gasteiger partial charge in [-0.3, -0.25) is 4.79 Å². The lowest BCUT2D eigenvalue weighted by atomic mass is 10.1. The second-order valence-electron chi connectivity index (χ2n) is 4.71. The summed E-state index contributed by atoms with van der Waals surface area (Å²) >= 11 is 1.60. The second-order valence-corrected chi connectivity index (χ2v) is 5.75. The molecular formula is C15H13N3O4S. The summed E-state index contributed by atoms with van der Waals surface area (Å²) in [5.41, 5.74) is -0.189. The van der Waals surface area contributed by atoms with Crippen molar-refractivity contribution in [1.29, 1.82) is 0 Å². The summed E-state index contributed by atoms with van der Waals surface area (Å²) in [5.74, 6) is -0.446. The van der Waals surface area contributed by atoms with Gasteiger partial charge in [-0.1, -0.05) is 17.3 Å². The molecule has 0 saturated carbocycles. The van der Waals surface area contributed by atoms with E-state index in [2.05, 4.69) is 15.5 Å². The lowest BCUT2D eigenvalue weighted by molar-refractivity contribution is 0.0940. The second kappa shape index (κ2) is 6.49. The number of rotatable bonds is 5. The first-order chi connectivity index (χ1) is 11.1. The number of aromatic nitrogens is 2. The molecule has 2 heterocycles. The lowest BCUT2D eigenvalue weighted by Crippen LogP contribution is -2.23. The summed E-state index contributed by atoms with van der Waals surface area (Å²) in [6, 6.07) is 8.00. The van der Waals surface area contributed by atoms with Crippen LogP contribution in [0.3, 0.4) is 0 Å². The van der Waals surface area contributed by atoms with Crippen LogP contribution in [-0.2, 0) is 13.0 Å². The summed E-state index contributed by atoms with van der Waals surface area (Å²) < 4.78 is 5.06. The molecule has 0 aliphatic rings. The van der Waals surface area contributed by atoms with E-state index in [9.17, 15) is 15.0 Å². The fraction of sp³-hybridized carbons (Fsp3) is 0.133. The van der Waals surface area contributed by atoms with Gasteiger partial charge in [0.15, 0.2) is 5.82 Å². The molecule has 2 aromatic heterocycles. The van der Waals surface area contributed by atoms with E-state index >= 15 is 0 Å². The van der Waals surface area contributed by atoms with Crippen LogP contribution in [0.5, 0.6) is 11.5 Å². The molecule has 0 aliphatic carbocycles. The van der Waals surface area contributed by atoms with E-state index in [1.807, 2.05) is 17.5 Å². The first-order valence-corrected chi connectivity index (χ1v) is 7.64. The molecule has 0 spiro atoms. The number of hydrogen-bond acceptors (Lipinski definition) is 7. The van der Waals surface area contributed by atoms with Gasteiger partial charge in [-0.2, -0.15) is 4.98 Å². The van der Waals surface area contributed by atoms with Gasteiger partial charge < -0.3 is 20.1 Å². The molecule has 0 unspecified atom stereocenters. The Morgan fingerprint density at radius 3 is 2.70 bits per heavy atom. The number of benzene rings is 1. The van der Waals surface area contributed by atoms with E-state index in [0.717, 1.165) is 4.88 Å². The van der Waals surface area contributed by atoms with E-state index in [-0.39, 0.29) is 29.5 Å². The van der Waals surface area contributed by atoms with Crippen LogP contribution in [0.15, 0.2) is 40.2 Å². The fourth-order valence-electron chi connectivity index (χ4n) is 2.01. The number of thiophene rings is 1. The number of amides is 1. The Morgan fingerprint density at radius 1 is 1.22 bits per heavy atom. The summed E-state index contributed by atoms with van der Waals surface area (Å²) in [6.45, 7) is 0.00402. The highest BCUT2D eigenvalue weighted by molar-refractivity contribution is 7.09. The van der Waals surface area contributed by atoms with Crippen molar-refractivity contribution < 1.29 is 19.5 Å². The molecule has 3 rings (SSSR count). The largest absolute Gasteiger partial charge is 0.507 e. The average molecular weight is 331 g/mol. The quantitative estimate of drug-likeness (QED) is 0.660. The minimum atomic E-state index is -0.626. The van der Waals surface area contributed by atoms with Crippen LogP contribution < -0.4 is 5.32 Å². The molecule has 7 nitrogen and oxygen atoms in total. The van der Waals surface area contributed by atoms with Gasteiger partial charge in [0.25, 0.3) is 5.91 Å². The minimum Gasteiger partial charge on any atom is -0.507 e. The number of carbonyl (C=O) groups excluding carboxylic acids is 1. The van der Waals surface area contributed by atoms with Gasteiger partial charge in [-0.05, 0) is 23.6 Å². The highest BCUT2D eigenvalue weighted by atomic mass is 32.1. The molecule has 0 saturated heterocycles. The Morgan fingerprint density at radius 2 is 2.00 bits per heavy atom. The van der Waals surface area contributed by atoms with Gasteiger partial charge in [0, 0.05) is 11.3 Å². The molecule has 0 atom stereocenters. The monoisotopic (exact) mass is 331 g/mol. The Labute approximate surface area is 135 Å². The number of phenols is 2. The molecular weight excluding hydrogens is 318 g/mol. The summed E-state index contributed by atoms with van der Waals surface area (Å²) in [4.78, 5) is 17.3. The molecule has 3 aromatic rings. The maximum absolute atomic E-state index is 12.0. The molecule has 0 radical (unpaired) electrons. The van der Waals surface area contributed by atoms with Crippen molar-refractivity contribution in [1.82, 2.24) is 15.5 Å². The van der Waals surface area contributed by atoms with Gasteiger partial charge in [0.2, 0.25) is 5.89 Å². The number of nitrogens with one attached hydrogen (secondary N) is 1. The third kappa shape index (κ3) is 3.49. The Hall–Kier alpha value is -2.87. The maximum Gasteiger partial charge on any atom is 0.259 e. The number of aromatic hydroxyl groups is 2. The first-order valence-electron chi connectivity index (χ1n) is 6.76. The summed E-state index contributed by atoms with van der Waals surface area (Å²) in [5, 5.41) is 27.6. The highest BCUT2D eigenvalue weighted by Crippen LogP contribution is 2.25. The zero-order valence-corrected chi connectivity index (χ0v) is 12.7. The molecule has 23 heavy (non-hydrogen) atoms. The zero-order chi connectivity index (χ0) is 16.2. The molecule has 8 heteroatoms. The van der Waals surface area contributed by atoms with Gasteiger partial charge in [-0.15, -0.1) is 11.3 Å². The predicted molar refractivity (Wildman–Crippen MR) is 82.4 cm³/mol. The Bertz CT molecular complexity index is 794. The molecule has 0 bridgehead atoms. The van der Waals surface area contributed by atoms with E-state index in [1.165, 1.54) is 18.2 Å². The van der Waals surface area contributed by atoms with Crippen molar-refractivity contribution in [3.8, 4) is 11.5 Å². The molecule has 1 aromatic carbocycles. The average Bonchev–Trinajstić information content (AvgIpc) is 3.17. The van der Waals surface area contributed by atoms with Crippen LogP contribution in [-0.4, -0.2) is 26.3 Å². The smallest absolute Gasteiger partial charge is 0.259 e. The lowest BCUT2D eigenvalue weighted by Gasteiger charge is -2.06. The van der Waals surface area contributed by atoms with Crippen LogP contribution in [0.1, 0.15) is 27.0 Å². The SMILES string of the molecule is O=C(NCc1nc(Cc2cccs2)no1)c1c(O)cccc1O. The standard InChI is InChI=1S/C15H13N3O4S/c19-10-4-1-5-11(20)14(10)15(21)16-8-13-17-12(18-22-13)7-9-3-2-6-23-9/h1-6,19-20H,7-8H2,(H,16,21). The van der Waals surface area contributed by atoms with E-state index < -0.39 is 5.91 Å². The van der Waals surface area contributed by atoms with E-state index in [0.29, 0.717) is 12.2 Å². The minimum absolute atomic E-state index is 0.00402. The topological polar surface area (TPSA) is 108 Å². The molecule has 3 N–H and O–H groups in total. The first kappa shape index (κ1) is 15.0. The Kier molecular flexibility index (Phi) is 4.24. The van der Waals surface area contributed by atoms with Crippen LogP contribution in [0.25, 0.3) is 0 Å². The van der Waals surface area contributed by atoms with Gasteiger partial charge in [0.05, 0.1) is 6.54 Å². The third-order valence-electron chi connectivity index (χ3n) is 3.07. The number of nitrogens with zero attached hydrogens (tertiary/aromatic N) is 2. The van der Waals surface area contributed by atoms with Crippen LogP contribution >= 0.6 is 11.3 Å².